The molecule has 5 nitrogen and oxygen atoms in total. The number of benzene rings is 2. The summed E-state index contributed by atoms with van der Waals surface area (Å²) in [5.41, 5.74) is 3.36. The zero-order valence-corrected chi connectivity index (χ0v) is 20.4. The van der Waals surface area contributed by atoms with Crippen LogP contribution in [0, 0.1) is 6.92 Å². The van der Waals surface area contributed by atoms with E-state index in [2.05, 4.69) is 33.0 Å². The molecular weight excluding hydrogens is 400 g/mol. The van der Waals surface area contributed by atoms with E-state index in [1.807, 2.05) is 55.5 Å². The maximum Gasteiger partial charge on any atom is 0.261 e. The number of nitrogens with one attached hydrogen (secondary N) is 1. The minimum Gasteiger partial charge on any atom is -0.484 e. The van der Waals surface area contributed by atoms with Crippen molar-refractivity contribution in [3.63, 3.8) is 0 Å². The second-order valence-corrected chi connectivity index (χ2v) is 9.39. The maximum absolute atomic E-state index is 13.1. The third-order valence-corrected chi connectivity index (χ3v) is 5.51. The van der Waals surface area contributed by atoms with E-state index in [-0.39, 0.29) is 23.8 Å². The molecule has 5 heteroatoms. The fourth-order valence-corrected chi connectivity index (χ4v) is 3.41. The first-order valence-electron chi connectivity index (χ1n) is 11.5. The standard InChI is InChI=1S/C27H38N2O3/c1-7-8-16-28-26(31)21(3)29(18-22-11-9-10-20(2)17-22)25(30)19-32-24-14-12-23(13-15-24)27(4,5)6/h9-15,17,21H,7-8,16,18-19H2,1-6H3,(H,28,31). The van der Waals surface area contributed by atoms with Gasteiger partial charge in [-0.1, -0.05) is 76.1 Å². The number of hydrogen-bond donors (Lipinski definition) is 1. The van der Waals surface area contributed by atoms with E-state index >= 15 is 0 Å². The SMILES string of the molecule is CCCCNC(=O)C(C)N(Cc1cccc(C)c1)C(=O)COc1ccc(C(C)(C)C)cc1. The van der Waals surface area contributed by atoms with Crippen molar-refractivity contribution in [2.24, 2.45) is 0 Å². The molecule has 1 N–H and O–H groups in total. The fraction of sp³-hybridized carbons (Fsp3) is 0.481. The smallest absolute Gasteiger partial charge is 0.261 e. The van der Waals surface area contributed by atoms with Gasteiger partial charge in [-0.3, -0.25) is 9.59 Å². The lowest BCUT2D eigenvalue weighted by atomic mass is 9.87. The Morgan fingerprint density at radius 2 is 1.78 bits per heavy atom. The van der Waals surface area contributed by atoms with E-state index in [9.17, 15) is 9.59 Å². The molecule has 0 fully saturated rings. The van der Waals surface area contributed by atoms with Crippen molar-refractivity contribution in [1.29, 1.82) is 0 Å². The number of nitrogens with zero attached hydrogens (tertiary/aromatic N) is 1. The van der Waals surface area contributed by atoms with E-state index in [0.717, 1.165) is 24.0 Å². The number of rotatable bonds is 10. The Bertz CT molecular complexity index is 885. The zero-order valence-electron chi connectivity index (χ0n) is 20.4. The highest BCUT2D eigenvalue weighted by Gasteiger charge is 2.26. The van der Waals surface area contributed by atoms with Crippen molar-refractivity contribution in [2.45, 2.75) is 72.4 Å². The molecule has 2 amide bonds. The lowest BCUT2D eigenvalue weighted by molar-refractivity contribution is -0.142. The first kappa shape index (κ1) is 25.4. The highest BCUT2D eigenvalue weighted by Crippen LogP contribution is 2.24. The van der Waals surface area contributed by atoms with Crippen LogP contribution in [0.5, 0.6) is 5.75 Å². The Hall–Kier alpha value is -2.82. The van der Waals surface area contributed by atoms with Crippen LogP contribution in [0.15, 0.2) is 48.5 Å². The van der Waals surface area contributed by atoms with Gasteiger partial charge in [-0.25, -0.2) is 0 Å². The van der Waals surface area contributed by atoms with Gasteiger partial charge in [0.15, 0.2) is 6.61 Å². The minimum absolute atomic E-state index is 0.0551. The molecule has 0 saturated carbocycles. The summed E-state index contributed by atoms with van der Waals surface area (Å²) in [5.74, 6) is 0.278. The van der Waals surface area contributed by atoms with Crippen molar-refractivity contribution in [2.75, 3.05) is 13.2 Å². The Morgan fingerprint density at radius 3 is 2.38 bits per heavy atom. The molecule has 0 aliphatic carbocycles. The molecular formula is C27H38N2O3. The molecule has 2 aromatic rings. The lowest BCUT2D eigenvalue weighted by Gasteiger charge is -2.29. The predicted octanol–water partition coefficient (Wildman–Crippen LogP) is 5.00. The highest BCUT2D eigenvalue weighted by atomic mass is 16.5. The number of carbonyl (C=O) groups excluding carboxylic acids is 2. The molecule has 2 rings (SSSR count). The van der Waals surface area contributed by atoms with Crippen LogP contribution in [-0.4, -0.2) is 35.9 Å². The summed E-state index contributed by atoms with van der Waals surface area (Å²) in [4.78, 5) is 27.4. The number of amides is 2. The van der Waals surface area contributed by atoms with Gasteiger partial charge in [0, 0.05) is 13.1 Å². The maximum atomic E-state index is 13.1. The number of unbranched alkanes of at least 4 members (excludes halogenated alkanes) is 1. The summed E-state index contributed by atoms with van der Waals surface area (Å²) in [6.45, 7) is 13.2. The molecule has 2 aromatic carbocycles. The summed E-state index contributed by atoms with van der Waals surface area (Å²) in [6, 6.07) is 15.2. The van der Waals surface area contributed by atoms with E-state index in [0.29, 0.717) is 18.8 Å². The van der Waals surface area contributed by atoms with Gasteiger partial charge in [-0.15, -0.1) is 0 Å². The Balaban J connectivity index is 2.11. The monoisotopic (exact) mass is 438 g/mol. The van der Waals surface area contributed by atoms with Crippen LogP contribution in [0.3, 0.4) is 0 Å². The molecule has 0 radical (unpaired) electrons. The van der Waals surface area contributed by atoms with Crippen molar-refractivity contribution >= 4 is 11.8 Å². The fourth-order valence-electron chi connectivity index (χ4n) is 3.41. The number of ether oxygens (including phenoxy) is 1. The average Bonchev–Trinajstić information content (AvgIpc) is 2.75. The third kappa shape index (κ3) is 7.70. The average molecular weight is 439 g/mol. The second-order valence-electron chi connectivity index (χ2n) is 9.39. The molecule has 1 atom stereocenters. The van der Waals surface area contributed by atoms with Gasteiger partial charge >= 0.3 is 0 Å². The van der Waals surface area contributed by atoms with Gasteiger partial charge in [0.05, 0.1) is 0 Å². The molecule has 0 saturated heterocycles. The van der Waals surface area contributed by atoms with Crippen molar-refractivity contribution < 1.29 is 14.3 Å². The van der Waals surface area contributed by atoms with Gasteiger partial charge in [0.2, 0.25) is 5.91 Å². The summed E-state index contributed by atoms with van der Waals surface area (Å²) >= 11 is 0. The summed E-state index contributed by atoms with van der Waals surface area (Å²) in [7, 11) is 0. The molecule has 0 bridgehead atoms. The third-order valence-electron chi connectivity index (χ3n) is 5.51. The van der Waals surface area contributed by atoms with Crippen LogP contribution >= 0.6 is 0 Å². The topological polar surface area (TPSA) is 58.6 Å². The van der Waals surface area contributed by atoms with Crippen LogP contribution in [0.4, 0.5) is 0 Å². The Kier molecular flexibility index (Phi) is 9.30. The van der Waals surface area contributed by atoms with Gasteiger partial charge in [0.25, 0.3) is 5.91 Å². The van der Waals surface area contributed by atoms with Gasteiger partial charge in [-0.05, 0) is 48.9 Å². The summed E-state index contributed by atoms with van der Waals surface area (Å²) < 4.78 is 5.78. The van der Waals surface area contributed by atoms with Crippen molar-refractivity contribution in [1.82, 2.24) is 10.2 Å². The summed E-state index contributed by atoms with van der Waals surface area (Å²) in [5, 5.41) is 2.94. The van der Waals surface area contributed by atoms with Crippen LogP contribution in [0.2, 0.25) is 0 Å². The first-order chi connectivity index (χ1) is 15.1. The van der Waals surface area contributed by atoms with Crippen LogP contribution in [-0.2, 0) is 21.5 Å². The number of hydrogen-bond acceptors (Lipinski definition) is 3. The molecule has 0 heterocycles. The minimum atomic E-state index is -0.591. The highest BCUT2D eigenvalue weighted by molar-refractivity contribution is 5.87. The molecule has 174 valence electrons. The molecule has 0 spiro atoms. The van der Waals surface area contributed by atoms with Crippen molar-refractivity contribution in [3.8, 4) is 5.75 Å². The Morgan fingerprint density at radius 1 is 1.09 bits per heavy atom. The molecule has 0 aliphatic heterocycles. The van der Waals surface area contributed by atoms with Gasteiger partial charge < -0.3 is 15.0 Å². The normalized spacial score (nSPS) is 12.2. The van der Waals surface area contributed by atoms with Crippen LogP contribution in [0.25, 0.3) is 0 Å². The number of carbonyl (C=O) groups is 2. The molecule has 0 aromatic heterocycles. The second kappa shape index (κ2) is 11.7. The van der Waals surface area contributed by atoms with E-state index in [4.69, 9.17) is 4.74 Å². The van der Waals surface area contributed by atoms with Gasteiger partial charge in [0.1, 0.15) is 11.8 Å². The molecule has 1 unspecified atom stereocenters. The quantitative estimate of drug-likeness (QED) is 0.531. The molecule has 32 heavy (non-hydrogen) atoms. The number of aryl methyl sites for hydroxylation is 1. The Labute approximate surface area is 193 Å². The zero-order chi connectivity index (χ0) is 23.7. The van der Waals surface area contributed by atoms with E-state index < -0.39 is 6.04 Å². The van der Waals surface area contributed by atoms with Crippen LogP contribution < -0.4 is 10.1 Å². The molecule has 0 aliphatic rings. The van der Waals surface area contributed by atoms with Crippen molar-refractivity contribution in [3.05, 3.63) is 65.2 Å². The van der Waals surface area contributed by atoms with E-state index in [1.165, 1.54) is 5.56 Å². The van der Waals surface area contributed by atoms with Gasteiger partial charge in [-0.2, -0.15) is 0 Å². The lowest BCUT2D eigenvalue weighted by Crippen LogP contribution is -2.49. The van der Waals surface area contributed by atoms with Crippen LogP contribution in [0.1, 0.15) is 64.2 Å². The largest absolute Gasteiger partial charge is 0.484 e. The van der Waals surface area contributed by atoms with E-state index in [1.54, 1.807) is 11.8 Å². The first-order valence-corrected chi connectivity index (χ1v) is 11.5. The summed E-state index contributed by atoms with van der Waals surface area (Å²) in [6.07, 6.45) is 1.92. The predicted molar refractivity (Wildman–Crippen MR) is 130 cm³/mol.